The lowest BCUT2D eigenvalue weighted by Crippen LogP contribution is -2.19. The first-order valence-electron chi connectivity index (χ1n) is 10.2. The number of aromatic nitrogens is 2. The molecule has 1 amide bonds. The van der Waals surface area contributed by atoms with E-state index in [2.05, 4.69) is 25.6 Å². The van der Waals surface area contributed by atoms with Gasteiger partial charge in [0.1, 0.15) is 5.82 Å². The first kappa shape index (κ1) is 21.2. The van der Waals surface area contributed by atoms with Crippen LogP contribution in [0.4, 0.5) is 11.5 Å². The van der Waals surface area contributed by atoms with Crippen LogP contribution in [0.25, 0.3) is 28.2 Å². The third kappa shape index (κ3) is 4.60. The van der Waals surface area contributed by atoms with E-state index < -0.39 is 0 Å². The van der Waals surface area contributed by atoms with Gasteiger partial charge in [-0.2, -0.15) is 0 Å². The van der Waals surface area contributed by atoms with Crippen molar-refractivity contribution in [2.45, 2.75) is 0 Å². The molecule has 4 aromatic rings. The van der Waals surface area contributed by atoms with Crippen LogP contribution < -0.4 is 10.6 Å². The number of aliphatic imine (C=N–C) groups is 1. The molecule has 3 heterocycles. The number of rotatable bonds is 4. The van der Waals surface area contributed by atoms with Crippen LogP contribution in [-0.2, 0) is 4.79 Å². The second-order valence-corrected chi connectivity index (χ2v) is 8.70. The van der Waals surface area contributed by atoms with E-state index in [4.69, 9.17) is 11.6 Å². The van der Waals surface area contributed by atoms with Crippen LogP contribution in [0, 0.1) is 0 Å². The Morgan fingerprint density at radius 3 is 2.88 bits per heavy atom. The average molecular weight is 472 g/mol. The van der Waals surface area contributed by atoms with Gasteiger partial charge in [-0.25, -0.2) is 9.98 Å². The molecule has 1 saturated heterocycles. The van der Waals surface area contributed by atoms with E-state index in [1.54, 1.807) is 12.3 Å². The lowest BCUT2D eigenvalue weighted by atomic mass is 10.1. The number of carbonyl (C=O) groups is 1. The van der Waals surface area contributed by atoms with Crippen LogP contribution in [0.3, 0.4) is 0 Å². The number of pyridine rings is 2. The predicted octanol–water partition coefficient (Wildman–Crippen LogP) is 5.88. The fraction of sp³-hybridized carbons (Fsp3) is 0.0400. The lowest BCUT2D eigenvalue weighted by Gasteiger charge is -2.06. The summed E-state index contributed by atoms with van der Waals surface area (Å²) in [7, 11) is 1.82. The van der Waals surface area contributed by atoms with E-state index in [0.29, 0.717) is 20.8 Å². The molecule has 0 unspecified atom stereocenters. The fourth-order valence-electron chi connectivity index (χ4n) is 3.42. The smallest absolute Gasteiger partial charge is 0.264 e. The van der Waals surface area contributed by atoms with Gasteiger partial charge in [-0.05, 0) is 65.9 Å². The summed E-state index contributed by atoms with van der Waals surface area (Å²) in [4.78, 5) is 26.6. The number of halogens is 1. The zero-order chi connectivity index (χ0) is 22.8. The Hall–Kier alpha value is -3.68. The van der Waals surface area contributed by atoms with E-state index in [0.717, 1.165) is 33.5 Å². The molecular weight excluding hydrogens is 454 g/mol. The number of anilines is 1. The molecule has 2 N–H and O–H groups in total. The first-order valence-corrected chi connectivity index (χ1v) is 11.4. The van der Waals surface area contributed by atoms with Crippen molar-refractivity contribution < 1.29 is 4.79 Å². The van der Waals surface area contributed by atoms with Crippen molar-refractivity contribution >= 4 is 62.9 Å². The number of nitrogens with zero attached hydrogens (tertiary/aromatic N) is 3. The largest absolute Gasteiger partial charge is 0.373 e. The molecule has 1 aliphatic rings. The summed E-state index contributed by atoms with van der Waals surface area (Å²) in [5.41, 5.74) is 4.08. The Kier molecular flexibility index (Phi) is 5.81. The number of amides is 1. The number of nitrogens with one attached hydrogen (secondary N) is 2. The minimum Gasteiger partial charge on any atom is -0.373 e. The number of fused-ring (bicyclic) bond motifs is 1. The summed E-state index contributed by atoms with van der Waals surface area (Å²) in [6, 6.07) is 21.1. The van der Waals surface area contributed by atoms with Crippen LogP contribution in [-0.4, -0.2) is 28.1 Å². The van der Waals surface area contributed by atoms with E-state index in [-0.39, 0.29) is 5.91 Å². The molecule has 0 bridgehead atoms. The van der Waals surface area contributed by atoms with Gasteiger partial charge in [-0.15, -0.1) is 0 Å². The summed E-state index contributed by atoms with van der Waals surface area (Å²) in [5, 5.41) is 7.84. The molecule has 0 radical (unpaired) electrons. The molecule has 0 aliphatic carbocycles. The van der Waals surface area contributed by atoms with Gasteiger partial charge in [0.15, 0.2) is 5.17 Å². The van der Waals surface area contributed by atoms with Gasteiger partial charge < -0.3 is 10.6 Å². The second kappa shape index (κ2) is 9.05. The quantitative estimate of drug-likeness (QED) is 0.363. The van der Waals surface area contributed by atoms with Crippen LogP contribution in [0.2, 0.25) is 5.02 Å². The zero-order valence-electron chi connectivity index (χ0n) is 17.5. The lowest BCUT2D eigenvalue weighted by molar-refractivity contribution is -0.115. The molecule has 1 aliphatic heterocycles. The second-order valence-electron chi connectivity index (χ2n) is 7.26. The molecule has 2 aromatic carbocycles. The van der Waals surface area contributed by atoms with E-state index in [9.17, 15) is 4.79 Å². The van der Waals surface area contributed by atoms with Crippen molar-refractivity contribution in [3.8, 4) is 11.3 Å². The topological polar surface area (TPSA) is 79.3 Å². The minimum atomic E-state index is -0.194. The summed E-state index contributed by atoms with van der Waals surface area (Å²) in [5.74, 6) is 0.578. The Morgan fingerprint density at radius 1 is 1.09 bits per heavy atom. The highest BCUT2D eigenvalue weighted by atomic mass is 35.5. The SMILES string of the molecule is CNc1cccc(-c2ccc(Cl)c(N=C3NC(=O)/C(=C/c4ccc5ncccc5c4)S3)c2)n1. The third-order valence-electron chi connectivity index (χ3n) is 5.04. The zero-order valence-corrected chi connectivity index (χ0v) is 19.1. The fourth-order valence-corrected chi connectivity index (χ4v) is 4.41. The van der Waals surface area contributed by atoms with Crippen molar-refractivity contribution in [2.75, 3.05) is 12.4 Å². The van der Waals surface area contributed by atoms with Crippen molar-refractivity contribution in [2.24, 2.45) is 4.99 Å². The summed E-state index contributed by atoms with van der Waals surface area (Å²) < 4.78 is 0. The molecule has 33 heavy (non-hydrogen) atoms. The van der Waals surface area contributed by atoms with E-state index in [1.165, 1.54) is 11.8 Å². The molecule has 0 saturated carbocycles. The highest BCUT2D eigenvalue weighted by Crippen LogP contribution is 2.34. The Balaban J connectivity index is 1.43. The predicted molar refractivity (Wildman–Crippen MR) is 137 cm³/mol. The molecular formula is C25H18ClN5OS. The van der Waals surface area contributed by atoms with Gasteiger partial charge in [-0.1, -0.05) is 35.9 Å². The molecule has 8 heteroatoms. The maximum absolute atomic E-state index is 12.5. The number of amidine groups is 1. The van der Waals surface area contributed by atoms with Crippen LogP contribution in [0.1, 0.15) is 5.56 Å². The highest BCUT2D eigenvalue weighted by Gasteiger charge is 2.24. The molecule has 0 spiro atoms. The molecule has 1 fully saturated rings. The van der Waals surface area contributed by atoms with E-state index in [1.807, 2.05) is 73.8 Å². The molecule has 5 rings (SSSR count). The summed E-state index contributed by atoms with van der Waals surface area (Å²) in [6.45, 7) is 0. The number of hydrogen-bond acceptors (Lipinski definition) is 6. The monoisotopic (exact) mass is 471 g/mol. The van der Waals surface area contributed by atoms with Crippen molar-refractivity contribution in [1.29, 1.82) is 0 Å². The van der Waals surface area contributed by atoms with Crippen molar-refractivity contribution in [1.82, 2.24) is 15.3 Å². The van der Waals surface area contributed by atoms with Gasteiger partial charge >= 0.3 is 0 Å². The molecule has 6 nitrogen and oxygen atoms in total. The van der Waals surface area contributed by atoms with E-state index >= 15 is 0 Å². The normalized spacial score (nSPS) is 15.9. The first-order chi connectivity index (χ1) is 16.1. The van der Waals surface area contributed by atoms with Crippen molar-refractivity contribution in [3.63, 3.8) is 0 Å². The van der Waals surface area contributed by atoms with Crippen molar-refractivity contribution in [3.05, 3.63) is 88.4 Å². The highest BCUT2D eigenvalue weighted by molar-refractivity contribution is 8.18. The maximum Gasteiger partial charge on any atom is 0.264 e. The Morgan fingerprint density at radius 2 is 2.00 bits per heavy atom. The van der Waals surface area contributed by atoms with Crippen LogP contribution >= 0.6 is 23.4 Å². The Labute approximate surface area is 199 Å². The number of thioether (sulfide) groups is 1. The van der Waals surface area contributed by atoms with Crippen LogP contribution in [0.5, 0.6) is 0 Å². The third-order valence-corrected chi connectivity index (χ3v) is 6.27. The number of benzene rings is 2. The van der Waals surface area contributed by atoms with Gasteiger partial charge in [-0.3, -0.25) is 9.78 Å². The average Bonchev–Trinajstić information content (AvgIpc) is 3.18. The summed E-state index contributed by atoms with van der Waals surface area (Å²) >= 11 is 7.68. The van der Waals surface area contributed by atoms with Gasteiger partial charge in [0.25, 0.3) is 5.91 Å². The minimum absolute atomic E-state index is 0.194. The maximum atomic E-state index is 12.5. The van der Waals surface area contributed by atoms with Crippen LogP contribution in [0.15, 0.2) is 82.8 Å². The van der Waals surface area contributed by atoms with Gasteiger partial charge in [0, 0.05) is 24.2 Å². The molecule has 2 aromatic heterocycles. The molecule has 0 atom stereocenters. The molecule has 162 valence electrons. The number of hydrogen-bond donors (Lipinski definition) is 2. The standard InChI is InChI=1S/C25H18ClN5OS/c1-27-23-6-2-5-20(29-23)17-8-9-18(26)21(14-17)30-25-31-24(32)22(33-25)13-15-7-10-19-16(12-15)4-3-11-28-19/h2-14H,1H3,(H,27,29)(H,30,31,32)/b22-13-. The van der Waals surface area contributed by atoms with Gasteiger partial charge in [0.05, 0.1) is 26.8 Å². The Bertz CT molecular complexity index is 1450. The number of carbonyl (C=O) groups excluding carboxylic acids is 1. The summed E-state index contributed by atoms with van der Waals surface area (Å²) in [6.07, 6.45) is 3.61. The van der Waals surface area contributed by atoms with Gasteiger partial charge in [0.2, 0.25) is 0 Å².